The van der Waals surface area contributed by atoms with Gasteiger partial charge < -0.3 is 9.84 Å². The first kappa shape index (κ1) is 11.8. The van der Waals surface area contributed by atoms with Crippen LogP contribution >= 0.6 is 0 Å². The molecule has 0 saturated heterocycles. The second-order valence-corrected chi connectivity index (χ2v) is 2.35. The Balaban J connectivity index is 0.000000671. The third-order valence-corrected chi connectivity index (χ3v) is 1.67. The van der Waals surface area contributed by atoms with Gasteiger partial charge in [0.05, 0.1) is 7.11 Å². The molecule has 1 rings (SSSR count). The van der Waals surface area contributed by atoms with Crippen LogP contribution in [0.4, 0.5) is 0 Å². The van der Waals surface area contributed by atoms with E-state index in [-0.39, 0.29) is 0 Å². The standard InChI is InChI=1S/C9H12O2.C2H6/c1-3-7-6-8(11-2)4-5-9(7)10;1-2/h4-6,10H,3H2,1-2H3;1-2H3. The number of methoxy groups -OCH3 is 1. The molecule has 0 spiro atoms. The van der Waals surface area contributed by atoms with Crippen LogP contribution in [-0.4, -0.2) is 12.2 Å². The van der Waals surface area contributed by atoms with Gasteiger partial charge in [-0.1, -0.05) is 20.8 Å². The summed E-state index contributed by atoms with van der Waals surface area (Å²) in [6.07, 6.45) is 0.822. The van der Waals surface area contributed by atoms with E-state index in [4.69, 9.17) is 4.74 Å². The molecule has 1 N–H and O–H groups in total. The summed E-state index contributed by atoms with van der Waals surface area (Å²) in [5, 5.41) is 9.27. The van der Waals surface area contributed by atoms with Crippen molar-refractivity contribution in [2.45, 2.75) is 27.2 Å². The molecule has 13 heavy (non-hydrogen) atoms. The number of hydrogen-bond donors (Lipinski definition) is 1. The lowest BCUT2D eigenvalue weighted by molar-refractivity contribution is 0.411. The van der Waals surface area contributed by atoms with Gasteiger partial charge in [0.25, 0.3) is 0 Å². The van der Waals surface area contributed by atoms with Gasteiger partial charge in [-0.3, -0.25) is 0 Å². The van der Waals surface area contributed by atoms with Crippen LogP contribution in [0.15, 0.2) is 18.2 Å². The number of aryl methyl sites for hydroxylation is 1. The number of rotatable bonds is 2. The maximum atomic E-state index is 9.27. The van der Waals surface area contributed by atoms with E-state index in [0.29, 0.717) is 5.75 Å². The second kappa shape index (κ2) is 6.35. The molecule has 2 nitrogen and oxygen atoms in total. The molecule has 0 unspecified atom stereocenters. The third-order valence-electron chi connectivity index (χ3n) is 1.67. The van der Waals surface area contributed by atoms with E-state index in [2.05, 4.69) is 0 Å². The van der Waals surface area contributed by atoms with Gasteiger partial charge in [-0.2, -0.15) is 0 Å². The lowest BCUT2D eigenvalue weighted by Crippen LogP contribution is -1.85. The molecule has 0 aliphatic carbocycles. The lowest BCUT2D eigenvalue weighted by Gasteiger charge is -2.03. The van der Waals surface area contributed by atoms with Crippen LogP contribution in [0.5, 0.6) is 11.5 Å². The van der Waals surface area contributed by atoms with Crippen molar-refractivity contribution in [3.63, 3.8) is 0 Å². The Morgan fingerprint density at radius 1 is 1.31 bits per heavy atom. The van der Waals surface area contributed by atoms with Crippen molar-refractivity contribution in [2.75, 3.05) is 7.11 Å². The summed E-state index contributed by atoms with van der Waals surface area (Å²) >= 11 is 0. The lowest BCUT2D eigenvalue weighted by atomic mass is 10.1. The zero-order chi connectivity index (χ0) is 10.3. The highest BCUT2D eigenvalue weighted by Gasteiger charge is 1.99. The van der Waals surface area contributed by atoms with Gasteiger partial charge in [0.1, 0.15) is 11.5 Å². The molecular weight excluding hydrogens is 164 g/mol. The predicted molar refractivity (Wildman–Crippen MR) is 55.4 cm³/mol. The van der Waals surface area contributed by atoms with Crippen molar-refractivity contribution in [2.24, 2.45) is 0 Å². The number of ether oxygens (including phenoxy) is 1. The van der Waals surface area contributed by atoms with E-state index in [1.807, 2.05) is 26.8 Å². The van der Waals surface area contributed by atoms with E-state index in [1.54, 1.807) is 19.2 Å². The molecule has 0 fully saturated rings. The average molecular weight is 182 g/mol. The fourth-order valence-corrected chi connectivity index (χ4v) is 0.972. The highest BCUT2D eigenvalue weighted by atomic mass is 16.5. The maximum absolute atomic E-state index is 9.27. The summed E-state index contributed by atoms with van der Waals surface area (Å²) in [6.45, 7) is 5.99. The van der Waals surface area contributed by atoms with Crippen LogP contribution in [0.3, 0.4) is 0 Å². The van der Waals surface area contributed by atoms with Crippen LogP contribution in [0.2, 0.25) is 0 Å². The van der Waals surface area contributed by atoms with Crippen molar-refractivity contribution in [1.29, 1.82) is 0 Å². The van der Waals surface area contributed by atoms with Gasteiger partial charge in [0.15, 0.2) is 0 Å². The van der Waals surface area contributed by atoms with Gasteiger partial charge >= 0.3 is 0 Å². The van der Waals surface area contributed by atoms with Crippen molar-refractivity contribution < 1.29 is 9.84 Å². The minimum atomic E-state index is 0.341. The van der Waals surface area contributed by atoms with Crippen molar-refractivity contribution in [3.05, 3.63) is 23.8 Å². The van der Waals surface area contributed by atoms with Crippen molar-refractivity contribution in [3.8, 4) is 11.5 Å². The first-order chi connectivity index (χ1) is 6.27. The average Bonchev–Trinajstić information content (AvgIpc) is 2.22. The van der Waals surface area contributed by atoms with Crippen LogP contribution in [0.25, 0.3) is 0 Å². The van der Waals surface area contributed by atoms with Gasteiger partial charge in [-0.05, 0) is 30.2 Å². The largest absolute Gasteiger partial charge is 0.508 e. The summed E-state index contributed by atoms with van der Waals surface area (Å²) in [5.41, 5.74) is 0.921. The number of phenolic OH excluding ortho intramolecular Hbond substituents is 1. The Hall–Kier alpha value is -1.18. The van der Waals surface area contributed by atoms with E-state index in [0.717, 1.165) is 17.7 Å². The minimum Gasteiger partial charge on any atom is -0.508 e. The quantitative estimate of drug-likeness (QED) is 0.761. The Kier molecular flexibility index (Phi) is 5.77. The van der Waals surface area contributed by atoms with Gasteiger partial charge in [-0.15, -0.1) is 0 Å². The summed E-state index contributed by atoms with van der Waals surface area (Å²) in [6, 6.07) is 5.24. The molecule has 0 atom stereocenters. The molecule has 0 heterocycles. The molecule has 0 radical (unpaired) electrons. The van der Waals surface area contributed by atoms with Gasteiger partial charge in [-0.25, -0.2) is 0 Å². The van der Waals surface area contributed by atoms with Crippen molar-refractivity contribution >= 4 is 0 Å². The molecule has 0 amide bonds. The highest BCUT2D eigenvalue weighted by molar-refractivity contribution is 5.39. The Labute approximate surface area is 80.2 Å². The fourth-order valence-electron chi connectivity index (χ4n) is 0.972. The Bertz CT molecular complexity index is 244. The summed E-state index contributed by atoms with van der Waals surface area (Å²) in [5.74, 6) is 1.13. The minimum absolute atomic E-state index is 0.341. The molecule has 2 heteroatoms. The van der Waals surface area contributed by atoms with Crippen LogP contribution in [-0.2, 0) is 6.42 Å². The zero-order valence-corrected chi connectivity index (χ0v) is 8.79. The Morgan fingerprint density at radius 2 is 1.92 bits per heavy atom. The molecule has 0 saturated carbocycles. The van der Waals surface area contributed by atoms with Gasteiger partial charge in [0.2, 0.25) is 0 Å². The summed E-state index contributed by atoms with van der Waals surface area (Å²) in [7, 11) is 1.62. The van der Waals surface area contributed by atoms with E-state index in [1.165, 1.54) is 0 Å². The number of aromatic hydroxyl groups is 1. The van der Waals surface area contributed by atoms with E-state index in [9.17, 15) is 5.11 Å². The first-order valence-electron chi connectivity index (χ1n) is 4.63. The summed E-state index contributed by atoms with van der Waals surface area (Å²) in [4.78, 5) is 0. The van der Waals surface area contributed by atoms with Crippen LogP contribution in [0, 0.1) is 0 Å². The molecule has 0 aromatic heterocycles. The van der Waals surface area contributed by atoms with E-state index >= 15 is 0 Å². The van der Waals surface area contributed by atoms with Crippen molar-refractivity contribution in [1.82, 2.24) is 0 Å². The van der Waals surface area contributed by atoms with E-state index < -0.39 is 0 Å². The number of benzene rings is 1. The maximum Gasteiger partial charge on any atom is 0.119 e. The van der Waals surface area contributed by atoms with Crippen LogP contribution in [0.1, 0.15) is 26.3 Å². The second-order valence-electron chi connectivity index (χ2n) is 2.35. The molecule has 1 aromatic carbocycles. The summed E-state index contributed by atoms with van der Waals surface area (Å²) < 4.78 is 5.00. The molecule has 0 aliphatic rings. The number of hydrogen-bond acceptors (Lipinski definition) is 2. The SMILES string of the molecule is CC.CCc1cc(OC)ccc1O. The fraction of sp³-hybridized carbons (Fsp3) is 0.455. The first-order valence-corrected chi connectivity index (χ1v) is 4.63. The topological polar surface area (TPSA) is 29.5 Å². The monoisotopic (exact) mass is 182 g/mol. The predicted octanol–water partition coefficient (Wildman–Crippen LogP) is 2.99. The normalized spacial score (nSPS) is 8.62. The van der Waals surface area contributed by atoms with Gasteiger partial charge in [0, 0.05) is 0 Å². The molecule has 0 aliphatic heterocycles. The number of phenols is 1. The molecule has 0 bridgehead atoms. The van der Waals surface area contributed by atoms with Crippen LogP contribution < -0.4 is 4.74 Å². The highest BCUT2D eigenvalue weighted by Crippen LogP contribution is 2.22. The zero-order valence-electron chi connectivity index (χ0n) is 8.79. The third kappa shape index (κ3) is 3.36. The molecular formula is C11H18O2. The molecule has 74 valence electrons. The molecule has 1 aromatic rings. The smallest absolute Gasteiger partial charge is 0.119 e. The Morgan fingerprint density at radius 3 is 2.38 bits per heavy atom.